The minimum Gasteiger partial charge on any atom is -0.408 e. The second-order valence-corrected chi connectivity index (χ2v) is 4.93. The first kappa shape index (κ1) is 13.2. The number of rotatable bonds is 2. The Bertz CT molecular complexity index is 873. The highest BCUT2D eigenvalue weighted by molar-refractivity contribution is 6.05. The highest BCUT2D eigenvalue weighted by Crippen LogP contribution is 2.16. The van der Waals surface area contributed by atoms with E-state index in [9.17, 15) is 9.59 Å². The molecule has 0 spiro atoms. The van der Waals surface area contributed by atoms with E-state index in [-0.39, 0.29) is 5.91 Å². The zero-order chi connectivity index (χ0) is 15.0. The molecule has 106 valence electrons. The molecule has 2 aromatic carbocycles. The van der Waals surface area contributed by atoms with E-state index in [1.807, 2.05) is 31.2 Å². The number of aryl methyl sites for hydroxylation is 2. The lowest BCUT2D eigenvalue weighted by molar-refractivity contribution is 0.102. The zero-order valence-electron chi connectivity index (χ0n) is 11.7. The molecule has 0 radical (unpaired) electrons. The molecule has 5 nitrogen and oxygen atoms in total. The summed E-state index contributed by atoms with van der Waals surface area (Å²) in [7, 11) is 1.61. The Hall–Kier alpha value is -2.82. The van der Waals surface area contributed by atoms with Crippen molar-refractivity contribution >= 4 is 22.7 Å². The van der Waals surface area contributed by atoms with Gasteiger partial charge in [-0.1, -0.05) is 17.7 Å². The maximum absolute atomic E-state index is 12.2. The van der Waals surface area contributed by atoms with E-state index in [2.05, 4.69) is 5.32 Å². The zero-order valence-corrected chi connectivity index (χ0v) is 11.7. The summed E-state index contributed by atoms with van der Waals surface area (Å²) in [5.41, 5.74) is 3.39. The molecule has 0 bridgehead atoms. The third-order valence-electron chi connectivity index (χ3n) is 3.36. The van der Waals surface area contributed by atoms with Crippen LogP contribution in [0.5, 0.6) is 0 Å². The lowest BCUT2D eigenvalue weighted by atomic mass is 10.1. The second kappa shape index (κ2) is 4.94. The van der Waals surface area contributed by atoms with E-state index < -0.39 is 5.76 Å². The van der Waals surface area contributed by atoms with Gasteiger partial charge in [-0.05, 0) is 37.3 Å². The fourth-order valence-electron chi connectivity index (χ4n) is 2.11. The van der Waals surface area contributed by atoms with Gasteiger partial charge in [0.05, 0.1) is 5.52 Å². The number of carbonyl (C=O) groups is 1. The fraction of sp³-hybridized carbons (Fsp3) is 0.125. The van der Waals surface area contributed by atoms with Crippen molar-refractivity contribution in [1.29, 1.82) is 0 Å². The molecule has 0 saturated carbocycles. The molecule has 0 atom stereocenters. The Labute approximate surface area is 120 Å². The number of aromatic nitrogens is 1. The fourth-order valence-corrected chi connectivity index (χ4v) is 2.11. The monoisotopic (exact) mass is 282 g/mol. The molecule has 1 aromatic heterocycles. The Morgan fingerprint density at radius 2 is 1.86 bits per heavy atom. The predicted octanol–water partition coefficient (Wildman–Crippen LogP) is 2.69. The number of anilines is 1. The molecule has 21 heavy (non-hydrogen) atoms. The Kier molecular flexibility index (Phi) is 3.10. The summed E-state index contributed by atoms with van der Waals surface area (Å²) < 4.78 is 6.41. The predicted molar refractivity (Wildman–Crippen MR) is 80.6 cm³/mol. The van der Waals surface area contributed by atoms with Crippen molar-refractivity contribution in [3.63, 3.8) is 0 Å². The first-order valence-corrected chi connectivity index (χ1v) is 6.52. The van der Waals surface area contributed by atoms with Crippen LogP contribution in [0, 0.1) is 6.92 Å². The number of hydrogen-bond acceptors (Lipinski definition) is 3. The van der Waals surface area contributed by atoms with E-state index in [0.29, 0.717) is 16.7 Å². The smallest absolute Gasteiger partial charge is 0.408 e. The summed E-state index contributed by atoms with van der Waals surface area (Å²) >= 11 is 0. The van der Waals surface area contributed by atoms with Gasteiger partial charge >= 0.3 is 5.76 Å². The van der Waals surface area contributed by atoms with Crippen LogP contribution in [0.2, 0.25) is 0 Å². The topological polar surface area (TPSA) is 64.2 Å². The lowest BCUT2D eigenvalue weighted by Gasteiger charge is -2.05. The normalized spacial score (nSPS) is 10.8. The van der Waals surface area contributed by atoms with Crippen LogP contribution in [-0.4, -0.2) is 10.5 Å². The lowest BCUT2D eigenvalue weighted by Crippen LogP contribution is -2.12. The van der Waals surface area contributed by atoms with Gasteiger partial charge in [0.25, 0.3) is 5.91 Å². The Morgan fingerprint density at radius 3 is 2.57 bits per heavy atom. The largest absolute Gasteiger partial charge is 0.419 e. The van der Waals surface area contributed by atoms with Crippen molar-refractivity contribution in [2.45, 2.75) is 6.92 Å². The van der Waals surface area contributed by atoms with Crippen LogP contribution in [0.1, 0.15) is 15.9 Å². The molecule has 0 unspecified atom stereocenters. The molecule has 0 fully saturated rings. The number of amides is 1. The molecule has 1 N–H and O–H groups in total. The number of benzene rings is 2. The summed E-state index contributed by atoms with van der Waals surface area (Å²) in [4.78, 5) is 23.7. The number of carbonyl (C=O) groups excluding carboxylic acids is 1. The van der Waals surface area contributed by atoms with Crippen LogP contribution in [0.25, 0.3) is 11.1 Å². The number of hydrogen-bond donors (Lipinski definition) is 1. The third-order valence-corrected chi connectivity index (χ3v) is 3.36. The van der Waals surface area contributed by atoms with Gasteiger partial charge in [-0.3, -0.25) is 9.36 Å². The highest BCUT2D eigenvalue weighted by Gasteiger charge is 2.11. The summed E-state index contributed by atoms with van der Waals surface area (Å²) in [6.07, 6.45) is 0. The molecule has 0 aliphatic rings. The van der Waals surface area contributed by atoms with Crippen molar-refractivity contribution in [3.8, 4) is 0 Å². The van der Waals surface area contributed by atoms with Gasteiger partial charge in [-0.15, -0.1) is 0 Å². The van der Waals surface area contributed by atoms with Crippen molar-refractivity contribution < 1.29 is 9.21 Å². The van der Waals surface area contributed by atoms with Gasteiger partial charge < -0.3 is 9.73 Å². The van der Waals surface area contributed by atoms with Crippen LogP contribution in [0.4, 0.5) is 5.69 Å². The standard InChI is InChI=1S/C16H14N2O3/c1-10-3-6-12(7-4-10)17-15(19)11-5-8-14-13(9-11)18(2)16(20)21-14/h3-9H,1-2H3,(H,17,19). The molecule has 5 heteroatoms. The van der Waals surface area contributed by atoms with Crippen LogP contribution in [-0.2, 0) is 7.05 Å². The summed E-state index contributed by atoms with van der Waals surface area (Å²) in [6, 6.07) is 12.5. The molecular weight excluding hydrogens is 268 g/mol. The van der Waals surface area contributed by atoms with Crippen molar-refractivity contribution in [1.82, 2.24) is 4.57 Å². The van der Waals surface area contributed by atoms with E-state index in [4.69, 9.17) is 4.42 Å². The molecule has 0 aliphatic heterocycles. The first-order chi connectivity index (χ1) is 10.0. The number of nitrogens with zero attached hydrogens (tertiary/aromatic N) is 1. The van der Waals surface area contributed by atoms with E-state index in [0.717, 1.165) is 11.3 Å². The van der Waals surface area contributed by atoms with Crippen LogP contribution >= 0.6 is 0 Å². The molecule has 1 heterocycles. The molecule has 3 rings (SSSR count). The average molecular weight is 282 g/mol. The summed E-state index contributed by atoms with van der Waals surface area (Å²) in [5.74, 6) is -0.671. The maximum atomic E-state index is 12.2. The maximum Gasteiger partial charge on any atom is 0.419 e. The third kappa shape index (κ3) is 2.45. The minimum absolute atomic E-state index is 0.227. The van der Waals surface area contributed by atoms with Gasteiger partial charge in [-0.2, -0.15) is 0 Å². The van der Waals surface area contributed by atoms with Gasteiger partial charge in [0.1, 0.15) is 0 Å². The van der Waals surface area contributed by atoms with Crippen LogP contribution in [0.3, 0.4) is 0 Å². The highest BCUT2D eigenvalue weighted by atomic mass is 16.4. The molecule has 1 amide bonds. The van der Waals surface area contributed by atoms with Gasteiger partial charge in [-0.25, -0.2) is 4.79 Å². The minimum atomic E-state index is -0.443. The second-order valence-electron chi connectivity index (χ2n) is 4.93. The summed E-state index contributed by atoms with van der Waals surface area (Å²) in [6.45, 7) is 1.99. The van der Waals surface area contributed by atoms with Crippen LogP contribution < -0.4 is 11.1 Å². The SMILES string of the molecule is Cc1ccc(NC(=O)c2ccc3oc(=O)n(C)c3c2)cc1. The van der Waals surface area contributed by atoms with Gasteiger partial charge in [0, 0.05) is 18.3 Å². The molecular formula is C16H14N2O3. The number of oxazole rings is 1. The number of fused-ring (bicyclic) bond motifs is 1. The van der Waals surface area contributed by atoms with E-state index in [1.54, 1.807) is 25.2 Å². The first-order valence-electron chi connectivity index (χ1n) is 6.52. The van der Waals surface area contributed by atoms with Gasteiger partial charge in [0.15, 0.2) is 5.58 Å². The van der Waals surface area contributed by atoms with Crippen LogP contribution in [0.15, 0.2) is 51.7 Å². The number of nitrogens with one attached hydrogen (secondary N) is 1. The summed E-state index contributed by atoms with van der Waals surface area (Å²) in [5, 5.41) is 2.82. The van der Waals surface area contributed by atoms with E-state index >= 15 is 0 Å². The van der Waals surface area contributed by atoms with Crippen molar-refractivity contribution in [2.75, 3.05) is 5.32 Å². The van der Waals surface area contributed by atoms with Crippen molar-refractivity contribution in [2.24, 2.45) is 7.05 Å². The van der Waals surface area contributed by atoms with E-state index in [1.165, 1.54) is 4.57 Å². The average Bonchev–Trinajstić information content (AvgIpc) is 2.76. The Morgan fingerprint density at radius 1 is 1.14 bits per heavy atom. The molecule has 0 saturated heterocycles. The Balaban J connectivity index is 1.92. The molecule has 3 aromatic rings. The van der Waals surface area contributed by atoms with Gasteiger partial charge in [0.2, 0.25) is 0 Å². The van der Waals surface area contributed by atoms with Crippen molar-refractivity contribution in [3.05, 3.63) is 64.1 Å². The quantitative estimate of drug-likeness (QED) is 0.786. The molecule has 0 aliphatic carbocycles.